The maximum Gasteiger partial charge on any atom is 0.102 e. The first kappa shape index (κ1) is 29.6. The number of anilines is 2. The number of piperidine rings is 2. The van der Waals surface area contributed by atoms with E-state index in [9.17, 15) is 5.11 Å². The molecule has 4 saturated heterocycles. The molecule has 7 heterocycles. The molecule has 9 aliphatic rings. The van der Waals surface area contributed by atoms with Crippen LogP contribution in [0.3, 0.4) is 0 Å². The van der Waals surface area contributed by atoms with Crippen molar-refractivity contribution in [3.63, 3.8) is 0 Å². The molecule has 2 unspecified atom stereocenters. The van der Waals surface area contributed by atoms with Gasteiger partial charge in [0.1, 0.15) is 12.1 Å². The van der Waals surface area contributed by atoms with E-state index in [1.54, 1.807) is 22.3 Å². The third-order valence-corrected chi connectivity index (χ3v) is 16.7. The molecule has 4 bridgehead atoms. The number of nitrogens with zero attached hydrogens (tertiary/aromatic N) is 4. The Morgan fingerprint density at radius 2 is 1.24 bits per heavy atom. The Kier molecular flexibility index (Phi) is 5.92. The minimum atomic E-state index is 0.101. The molecule has 0 amide bonds. The molecule has 5 nitrogen and oxygen atoms in total. The summed E-state index contributed by atoms with van der Waals surface area (Å²) in [4.78, 5) is 5.75. The van der Waals surface area contributed by atoms with Crippen LogP contribution in [0.4, 0.5) is 11.4 Å². The molecular formula is C44H54N4O+2. The van der Waals surface area contributed by atoms with Gasteiger partial charge in [0.05, 0.1) is 62.2 Å². The third-order valence-electron chi connectivity index (χ3n) is 16.7. The highest BCUT2D eigenvalue weighted by Crippen LogP contribution is 2.70. The number of benzene rings is 2. The number of para-hydroxylation sites is 2. The molecule has 0 aromatic heterocycles. The van der Waals surface area contributed by atoms with Crippen molar-refractivity contribution in [1.82, 2.24) is 0 Å². The Morgan fingerprint density at radius 3 is 1.73 bits per heavy atom. The standard InChI is InChI=1S/C44H54N4O/c1-4-18-47-20-16-43-35-11-7-10-14-38(35)46-26-34-32-24-40-44(17-21-48(40,19-5-2)28-30(32)15-22-49)36-12-8-9-13-37(36)45(42(34)44)25-33(41(43)46)31(23-39(43)47)29(6-3)27-47/h4-5,7-14,25-26,29-32,39-42,49H,1-2,6,15-24,27-28H2,3H3/q+2/b33-25-,34-26-/t29-,30-,31+,32+,39+,40+,41+,42+,43-,44-,47?,48?/m1/s1. The Hall–Kier alpha value is -3.12. The number of rotatable bonds is 7. The first-order chi connectivity index (χ1) is 24.0. The van der Waals surface area contributed by atoms with Crippen molar-refractivity contribution < 1.29 is 14.1 Å². The highest BCUT2D eigenvalue weighted by molar-refractivity contribution is 5.76. The molecule has 6 fully saturated rings. The van der Waals surface area contributed by atoms with Crippen molar-refractivity contribution >= 4 is 11.4 Å². The van der Waals surface area contributed by atoms with Crippen molar-refractivity contribution in [2.75, 3.05) is 55.7 Å². The minimum Gasteiger partial charge on any atom is -0.396 e. The maximum atomic E-state index is 10.5. The molecule has 0 radical (unpaired) electrons. The molecule has 49 heavy (non-hydrogen) atoms. The predicted molar refractivity (Wildman–Crippen MR) is 197 cm³/mol. The van der Waals surface area contributed by atoms with E-state index in [2.05, 4.69) is 103 Å². The summed E-state index contributed by atoms with van der Waals surface area (Å²) in [6.45, 7) is 18.5. The summed E-state index contributed by atoms with van der Waals surface area (Å²) < 4.78 is 2.41. The van der Waals surface area contributed by atoms with E-state index in [0.29, 0.717) is 47.8 Å². The zero-order valence-electron chi connectivity index (χ0n) is 29.4. The lowest BCUT2D eigenvalue weighted by Gasteiger charge is -2.60. The fourth-order valence-corrected chi connectivity index (χ4v) is 15.4. The smallest absolute Gasteiger partial charge is 0.102 e. The summed E-state index contributed by atoms with van der Waals surface area (Å²) >= 11 is 0. The Labute approximate surface area is 293 Å². The SMILES string of the molecule is C=CC[N+]12CC[C@@]34c5ccccc5N5/C=C6/[C@H]7C[C@H]8[C@@]9(CC[N+]8(CC=C)C[C@H]7CCO)c7ccccc7N(/C=C(/[C@@H](C[C@@H]31)[C@H](CC)C2)[C@H]54)[C@@H]69. The van der Waals surface area contributed by atoms with Crippen molar-refractivity contribution in [2.24, 2.45) is 23.7 Å². The number of aliphatic hydroxyl groups is 1. The quantitative estimate of drug-likeness (QED) is 0.267. The van der Waals surface area contributed by atoms with Gasteiger partial charge in [-0.3, -0.25) is 0 Å². The molecule has 1 N–H and O–H groups in total. The first-order valence-corrected chi connectivity index (χ1v) is 19.7. The topological polar surface area (TPSA) is 26.7 Å². The number of quaternary nitrogens is 2. The molecule has 2 spiro atoms. The Morgan fingerprint density at radius 1 is 0.755 bits per heavy atom. The lowest BCUT2D eigenvalue weighted by molar-refractivity contribution is -0.946. The zero-order valence-corrected chi connectivity index (χ0v) is 29.4. The molecule has 2 aromatic carbocycles. The molecule has 12 atom stereocenters. The second-order valence-electron chi connectivity index (χ2n) is 17.8. The zero-order chi connectivity index (χ0) is 32.9. The lowest BCUT2D eigenvalue weighted by Crippen LogP contribution is -2.70. The van der Waals surface area contributed by atoms with Crippen molar-refractivity contribution in [3.05, 3.63) is 109 Å². The van der Waals surface area contributed by atoms with Gasteiger partial charge < -0.3 is 23.9 Å². The number of hydrogen-bond acceptors (Lipinski definition) is 3. The van der Waals surface area contributed by atoms with E-state index in [1.807, 2.05) is 0 Å². The molecule has 2 saturated carbocycles. The van der Waals surface area contributed by atoms with Gasteiger partial charge in [-0.2, -0.15) is 0 Å². The van der Waals surface area contributed by atoms with E-state index >= 15 is 0 Å². The van der Waals surface area contributed by atoms with Gasteiger partial charge in [0, 0.05) is 67.9 Å². The van der Waals surface area contributed by atoms with E-state index in [1.165, 1.54) is 74.1 Å². The second-order valence-corrected chi connectivity index (χ2v) is 17.8. The van der Waals surface area contributed by atoms with Gasteiger partial charge in [-0.15, -0.1) is 0 Å². The van der Waals surface area contributed by atoms with Gasteiger partial charge in [0.25, 0.3) is 0 Å². The van der Waals surface area contributed by atoms with Crippen molar-refractivity contribution in [1.29, 1.82) is 0 Å². The number of fused-ring (bicyclic) bond motifs is 8. The Balaban J connectivity index is 1.20. The average molecular weight is 655 g/mol. The van der Waals surface area contributed by atoms with Gasteiger partial charge in [0.15, 0.2) is 0 Å². The number of aliphatic hydroxyl groups excluding tert-OH is 1. The summed E-state index contributed by atoms with van der Waals surface area (Å²) in [6.07, 6.45) is 17.2. The van der Waals surface area contributed by atoms with Crippen LogP contribution in [0.1, 0.15) is 56.6 Å². The van der Waals surface area contributed by atoms with Crippen LogP contribution < -0.4 is 9.80 Å². The molecule has 11 rings (SSSR count). The maximum absolute atomic E-state index is 10.5. The summed E-state index contributed by atoms with van der Waals surface area (Å²) in [5, 5.41) is 10.5. The van der Waals surface area contributed by atoms with E-state index < -0.39 is 0 Å². The summed E-state index contributed by atoms with van der Waals surface area (Å²) in [5.74, 6) is 2.29. The fraction of sp³-hybridized carbons (Fsp3) is 0.545. The van der Waals surface area contributed by atoms with Crippen LogP contribution in [0.2, 0.25) is 0 Å². The van der Waals surface area contributed by atoms with Crippen LogP contribution in [0, 0.1) is 23.7 Å². The molecule has 2 aliphatic carbocycles. The van der Waals surface area contributed by atoms with Crippen LogP contribution in [-0.4, -0.2) is 84.1 Å². The van der Waals surface area contributed by atoms with Gasteiger partial charge >= 0.3 is 0 Å². The lowest BCUT2D eigenvalue weighted by atomic mass is 9.54. The minimum absolute atomic E-state index is 0.101. The van der Waals surface area contributed by atoms with Crippen LogP contribution in [0.5, 0.6) is 0 Å². The van der Waals surface area contributed by atoms with Gasteiger partial charge in [-0.1, -0.05) is 56.5 Å². The molecular weight excluding hydrogens is 601 g/mol. The van der Waals surface area contributed by atoms with E-state index in [4.69, 9.17) is 0 Å². The Bertz CT molecular complexity index is 1850. The van der Waals surface area contributed by atoms with Crippen molar-refractivity contribution in [2.45, 2.75) is 80.4 Å². The third kappa shape index (κ3) is 3.23. The first-order valence-electron chi connectivity index (χ1n) is 19.7. The molecule has 5 heteroatoms. The van der Waals surface area contributed by atoms with Crippen LogP contribution in [0.15, 0.2) is 97.4 Å². The molecule has 7 aliphatic heterocycles. The molecule has 254 valence electrons. The summed E-state index contributed by atoms with van der Waals surface area (Å²) in [6, 6.07) is 21.2. The molecule has 2 aromatic rings. The summed E-state index contributed by atoms with van der Waals surface area (Å²) in [7, 11) is 0. The predicted octanol–water partition coefficient (Wildman–Crippen LogP) is 6.66. The van der Waals surface area contributed by atoms with Gasteiger partial charge in [0.2, 0.25) is 0 Å². The van der Waals surface area contributed by atoms with Crippen LogP contribution in [0.25, 0.3) is 0 Å². The van der Waals surface area contributed by atoms with Crippen molar-refractivity contribution in [3.8, 4) is 0 Å². The van der Waals surface area contributed by atoms with Gasteiger partial charge in [-0.25, -0.2) is 0 Å². The van der Waals surface area contributed by atoms with Crippen LogP contribution in [-0.2, 0) is 10.8 Å². The summed E-state index contributed by atoms with van der Waals surface area (Å²) in [5.41, 5.74) is 9.80. The number of hydrogen-bond donors (Lipinski definition) is 1. The fourth-order valence-electron chi connectivity index (χ4n) is 15.4. The van der Waals surface area contributed by atoms with Crippen LogP contribution >= 0.6 is 0 Å². The van der Waals surface area contributed by atoms with Gasteiger partial charge in [-0.05, 0) is 71.2 Å². The highest BCUT2D eigenvalue weighted by atomic mass is 16.3. The normalized spacial score (nSPS) is 47.5. The average Bonchev–Trinajstić information content (AvgIpc) is 3.81. The van der Waals surface area contributed by atoms with E-state index in [-0.39, 0.29) is 17.4 Å². The van der Waals surface area contributed by atoms with E-state index in [0.717, 1.165) is 24.0 Å². The second kappa shape index (κ2) is 9.80. The highest BCUT2D eigenvalue weighted by Gasteiger charge is 2.75. The largest absolute Gasteiger partial charge is 0.396 e. The monoisotopic (exact) mass is 654 g/mol.